The molecule has 1 radical (unpaired) electrons. The second-order valence-corrected chi connectivity index (χ2v) is 2.99. The van der Waals surface area contributed by atoms with Crippen LogP contribution in [-0.4, -0.2) is 13.7 Å². The zero-order valence-electron chi connectivity index (χ0n) is 7.21. The summed E-state index contributed by atoms with van der Waals surface area (Å²) in [6.45, 7) is 1.83. The predicted molar refractivity (Wildman–Crippen MR) is 47.4 cm³/mol. The summed E-state index contributed by atoms with van der Waals surface area (Å²) in [4.78, 5) is 0. The van der Waals surface area contributed by atoms with Crippen LogP contribution in [0.5, 0.6) is 5.75 Å². The summed E-state index contributed by atoms with van der Waals surface area (Å²) in [6.07, 6.45) is 1.08. The molecule has 0 saturated carbocycles. The molecule has 1 aliphatic heterocycles. The first-order chi connectivity index (χ1) is 5.90. The van der Waals surface area contributed by atoms with Crippen LogP contribution in [0.25, 0.3) is 0 Å². The highest BCUT2D eigenvalue weighted by Crippen LogP contribution is 2.20. The molecule has 0 amide bonds. The summed E-state index contributed by atoms with van der Waals surface area (Å²) in [6, 6.07) is 6.24. The van der Waals surface area contributed by atoms with Gasteiger partial charge in [-0.25, -0.2) is 5.32 Å². The maximum atomic E-state index is 5.14. The van der Waals surface area contributed by atoms with Crippen LogP contribution >= 0.6 is 0 Å². The summed E-state index contributed by atoms with van der Waals surface area (Å²) in [5.41, 5.74) is 2.74. The van der Waals surface area contributed by atoms with Crippen molar-refractivity contribution in [2.75, 3.05) is 13.7 Å². The zero-order valence-corrected chi connectivity index (χ0v) is 7.21. The van der Waals surface area contributed by atoms with E-state index in [-0.39, 0.29) is 0 Å². The Morgan fingerprint density at radius 3 is 3.08 bits per heavy atom. The fourth-order valence-corrected chi connectivity index (χ4v) is 1.52. The van der Waals surface area contributed by atoms with E-state index in [1.807, 2.05) is 6.07 Å². The number of nitrogens with zero attached hydrogens (tertiary/aromatic N) is 1. The van der Waals surface area contributed by atoms with Crippen LogP contribution < -0.4 is 10.1 Å². The molecule has 0 aliphatic carbocycles. The van der Waals surface area contributed by atoms with Gasteiger partial charge in [0.05, 0.1) is 7.11 Å². The highest BCUT2D eigenvalue weighted by molar-refractivity contribution is 5.36. The lowest BCUT2D eigenvalue weighted by molar-refractivity contribution is 0.413. The minimum absolute atomic E-state index is 0.854. The molecule has 2 heteroatoms. The Bertz CT molecular complexity index is 283. The lowest BCUT2D eigenvalue weighted by Crippen LogP contribution is -2.17. The zero-order chi connectivity index (χ0) is 8.39. The minimum Gasteiger partial charge on any atom is -0.497 e. The second kappa shape index (κ2) is 3.15. The van der Waals surface area contributed by atoms with Crippen molar-refractivity contribution in [3.05, 3.63) is 29.3 Å². The third-order valence-electron chi connectivity index (χ3n) is 2.23. The van der Waals surface area contributed by atoms with Crippen molar-refractivity contribution < 1.29 is 4.74 Å². The Morgan fingerprint density at radius 1 is 1.33 bits per heavy atom. The molecule has 1 aromatic rings. The SMILES string of the molecule is COc1ccc2c(c1)C[N]CC2. The van der Waals surface area contributed by atoms with Crippen molar-refractivity contribution in [2.45, 2.75) is 13.0 Å². The highest BCUT2D eigenvalue weighted by atomic mass is 16.5. The molecule has 2 nitrogen and oxygen atoms in total. The van der Waals surface area contributed by atoms with Crippen LogP contribution in [0, 0.1) is 0 Å². The van der Waals surface area contributed by atoms with E-state index in [0.717, 1.165) is 25.3 Å². The van der Waals surface area contributed by atoms with Gasteiger partial charge in [-0.05, 0) is 29.7 Å². The molecule has 0 unspecified atom stereocenters. The number of ether oxygens (including phenoxy) is 1. The number of rotatable bonds is 1. The van der Waals surface area contributed by atoms with E-state index in [4.69, 9.17) is 4.74 Å². The van der Waals surface area contributed by atoms with Crippen molar-refractivity contribution in [1.82, 2.24) is 5.32 Å². The Hall–Kier alpha value is -1.02. The van der Waals surface area contributed by atoms with E-state index in [0.29, 0.717) is 0 Å². The Kier molecular flexibility index (Phi) is 2.00. The number of fused-ring (bicyclic) bond motifs is 1. The van der Waals surface area contributed by atoms with Gasteiger partial charge in [0, 0.05) is 13.1 Å². The van der Waals surface area contributed by atoms with Crippen LogP contribution in [0.2, 0.25) is 0 Å². The van der Waals surface area contributed by atoms with Crippen LogP contribution in [0.15, 0.2) is 18.2 Å². The molecule has 0 saturated heterocycles. The van der Waals surface area contributed by atoms with E-state index in [9.17, 15) is 0 Å². The molecule has 2 rings (SSSR count). The topological polar surface area (TPSA) is 23.3 Å². The maximum Gasteiger partial charge on any atom is 0.119 e. The quantitative estimate of drug-likeness (QED) is 0.611. The smallest absolute Gasteiger partial charge is 0.119 e. The molecular weight excluding hydrogens is 150 g/mol. The molecular formula is C10H12NO. The van der Waals surface area contributed by atoms with E-state index < -0.39 is 0 Å². The predicted octanol–water partition coefficient (Wildman–Crippen LogP) is 1.36. The summed E-state index contributed by atoms with van der Waals surface area (Å²) in [5, 5.41) is 4.34. The molecule has 1 aliphatic rings. The average Bonchev–Trinajstić information content (AvgIpc) is 2.17. The van der Waals surface area contributed by atoms with Gasteiger partial charge in [0.1, 0.15) is 5.75 Å². The molecule has 1 heterocycles. The number of methoxy groups -OCH3 is 1. The first kappa shape index (κ1) is 7.62. The van der Waals surface area contributed by atoms with E-state index in [1.54, 1.807) is 7.11 Å². The maximum absolute atomic E-state index is 5.14. The fraction of sp³-hybridized carbons (Fsp3) is 0.400. The van der Waals surface area contributed by atoms with Gasteiger partial charge < -0.3 is 4.74 Å². The Balaban J connectivity index is 2.36. The highest BCUT2D eigenvalue weighted by Gasteiger charge is 2.09. The van der Waals surface area contributed by atoms with Crippen molar-refractivity contribution in [3.63, 3.8) is 0 Å². The summed E-state index contributed by atoms with van der Waals surface area (Å²) >= 11 is 0. The molecule has 63 valence electrons. The number of hydrogen-bond donors (Lipinski definition) is 0. The van der Waals surface area contributed by atoms with Gasteiger partial charge in [0.2, 0.25) is 0 Å². The van der Waals surface area contributed by atoms with Crippen molar-refractivity contribution >= 4 is 0 Å². The van der Waals surface area contributed by atoms with Crippen molar-refractivity contribution in [2.24, 2.45) is 0 Å². The van der Waals surface area contributed by atoms with Gasteiger partial charge in [-0.2, -0.15) is 0 Å². The summed E-state index contributed by atoms with van der Waals surface area (Å²) < 4.78 is 5.14. The molecule has 1 aromatic carbocycles. The molecule has 0 spiro atoms. The molecule has 0 aromatic heterocycles. The van der Waals surface area contributed by atoms with Gasteiger partial charge in [-0.3, -0.25) is 0 Å². The van der Waals surface area contributed by atoms with E-state index in [1.165, 1.54) is 11.1 Å². The first-order valence-electron chi connectivity index (χ1n) is 4.19. The number of hydrogen-bond acceptors (Lipinski definition) is 1. The van der Waals surface area contributed by atoms with Crippen LogP contribution in [0.1, 0.15) is 11.1 Å². The van der Waals surface area contributed by atoms with Crippen LogP contribution in [0.4, 0.5) is 0 Å². The van der Waals surface area contributed by atoms with Crippen LogP contribution in [0.3, 0.4) is 0 Å². The van der Waals surface area contributed by atoms with Gasteiger partial charge >= 0.3 is 0 Å². The third-order valence-corrected chi connectivity index (χ3v) is 2.23. The molecule has 0 fully saturated rings. The Morgan fingerprint density at radius 2 is 2.25 bits per heavy atom. The van der Waals surface area contributed by atoms with Gasteiger partial charge in [0.15, 0.2) is 0 Å². The Labute approximate surface area is 72.5 Å². The fourth-order valence-electron chi connectivity index (χ4n) is 1.52. The van der Waals surface area contributed by atoms with Gasteiger partial charge in [0.25, 0.3) is 0 Å². The molecule has 0 atom stereocenters. The van der Waals surface area contributed by atoms with Gasteiger partial charge in [-0.15, -0.1) is 0 Å². The van der Waals surface area contributed by atoms with Crippen molar-refractivity contribution in [1.29, 1.82) is 0 Å². The summed E-state index contributed by atoms with van der Waals surface area (Å²) in [7, 11) is 1.70. The lowest BCUT2D eigenvalue weighted by atomic mass is 10.0. The largest absolute Gasteiger partial charge is 0.497 e. The third kappa shape index (κ3) is 1.30. The van der Waals surface area contributed by atoms with Gasteiger partial charge in [-0.1, -0.05) is 6.07 Å². The lowest BCUT2D eigenvalue weighted by Gasteiger charge is -2.15. The second-order valence-electron chi connectivity index (χ2n) is 2.99. The number of benzene rings is 1. The average molecular weight is 162 g/mol. The van der Waals surface area contributed by atoms with E-state index in [2.05, 4.69) is 17.4 Å². The minimum atomic E-state index is 0.854. The van der Waals surface area contributed by atoms with Crippen molar-refractivity contribution in [3.8, 4) is 5.75 Å². The summed E-state index contributed by atoms with van der Waals surface area (Å²) in [5.74, 6) is 0.936. The molecule has 0 bridgehead atoms. The molecule has 0 N–H and O–H groups in total. The molecule has 12 heavy (non-hydrogen) atoms. The van der Waals surface area contributed by atoms with Crippen LogP contribution in [-0.2, 0) is 13.0 Å². The monoisotopic (exact) mass is 162 g/mol. The first-order valence-corrected chi connectivity index (χ1v) is 4.19. The normalized spacial score (nSPS) is 15.4. The van der Waals surface area contributed by atoms with E-state index >= 15 is 0 Å². The standard InChI is InChI=1S/C10H12NO/c1-12-10-3-2-8-4-5-11-7-9(8)6-10/h2-3,6H,4-5,7H2,1H3.